The van der Waals surface area contributed by atoms with E-state index in [1.165, 1.54) is 25.4 Å². The van der Waals surface area contributed by atoms with Crippen molar-refractivity contribution < 1.29 is 36.9 Å². The third-order valence-corrected chi connectivity index (χ3v) is 10.8. The Bertz CT molecular complexity index is 2040. The molecule has 8 rings (SSSR count). The fourth-order valence-corrected chi connectivity index (χ4v) is 8.24. The second-order valence-electron chi connectivity index (χ2n) is 15.5. The Kier molecular flexibility index (Phi) is 8.60. The molecule has 4 aliphatic rings. The first-order chi connectivity index (χ1) is 24.9. The molecule has 0 bridgehead atoms. The SMILES string of the molecule is COCOc1cc(-c2ncc3c(N4CCN(C(=O)OC(C)(C)C)CC45CC5)nc(OC[C@@]45CCCN4C[C@H](F)C5)nc3c2F)c2c(F)cccc2c1. The number of benzene rings is 2. The molecule has 4 aromatic rings. The predicted octanol–water partition coefficient (Wildman–Crippen LogP) is 6.65. The number of hydrogen-bond acceptors (Lipinski definition) is 10. The van der Waals surface area contributed by atoms with Crippen LogP contribution >= 0.6 is 0 Å². The zero-order valence-corrected chi connectivity index (χ0v) is 29.9. The number of pyridine rings is 1. The number of halogens is 3. The third kappa shape index (κ3) is 6.23. The number of carbonyl (C=O) groups is 1. The van der Waals surface area contributed by atoms with Crippen molar-refractivity contribution in [1.29, 1.82) is 0 Å². The Hall–Kier alpha value is -4.43. The molecule has 0 N–H and O–H groups in total. The highest BCUT2D eigenvalue weighted by Gasteiger charge is 2.54. The number of anilines is 1. The molecule has 2 aromatic heterocycles. The number of ether oxygens (including phenoxy) is 4. The highest BCUT2D eigenvalue weighted by Crippen LogP contribution is 2.49. The highest BCUT2D eigenvalue weighted by atomic mass is 19.1. The zero-order chi connectivity index (χ0) is 36.4. The van der Waals surface area contributed by atoms with E-state index in [4.69, 9.17) is 23.9 Å². The number of carbonyl (C=O) groups excluding carboxylic acids is 1. The van der Waals surface area contributed by atoms with Crippen molar-refractivity contribution in [2.24, 2.45) is 0 Å². The molecule has 276 valence electrons. The predicted molar refractivity (Wildman–Crippen MR) is 188 cm³/mol. The van der Waals surface area contributed by atoms with E-state index in [0.29, 0.717) is 54.9 Å². The lowest BCUT2D eigenvalue weighted by Crippen LogP contribution is -2.57. The number of methoxy groups -OCH3 is 1. The molecular weight excluding hydrogens is 677 g/mol. The van der Waals surface area contributed by atoms with Crippen LogP contribution in [0, 0.1) is 11.6 Å². The molecule has 14 heteroatoms. The number of aromatic nitrogens is 3. The largest absolute Gasteiger partial charge is 0.468 e. The maximum atomic E-state index is 17.1. The van der Waals surface area contributed by atoms with E-state index in [2.05, 4.69) is 19.8 Å². The second kappa shape index (κ2) is 12.9. The lowest BCUT2D eigenvalue weighted by Gasteiger charge is -2.43. The molecule has 4 fully saturated rings. The van der Waals surface area contributed by atoms with Crippen LogP contribution in [0.3, 0.4) is 0 Å². The van der Waals surface area contributed by atoms with E-state index in [-0.39, 0.29) is 47.7 Å². The molecule has 2 atom stereocenters. The summed E-state index contributed by atoms with van der Waals surface area (Å²) in [6.45, 7) is 7.93. The van der Waals surface area contributed by atoms with Gasteiger partial charge in [-0.1, -0.05) is 12.1 Å². The minimum Gasteiger partial charge on any atom is -0.468 e. The van der Waals surface area contributed by atoms with E-state index >= 15 is 8.78 Å². The molecule has 52 heavy (non-hydrogen) atoms. The van der Waals surface area contributed by atoms with Crippen LogP contribution in [0.5, 0.6) is 11.8 Å². The minimum absolute atomic E-state index is 0.0410. The minimum atomic E-state index is -0.946. The van der Waals surface area contributed by atoms with Crippen LogP contribution in [-0.2, 0) is 9.47 Å². The van der Waals surface area contributed by atoms with Crippen molar-refractivity contribution in [2.45, 2.75) is 75.7 Å². The van der Waals surface area contributed by atoms with Crippen molar-refractivity contribution in [2.75, 3.05) is 58.1 Å². The van der Waals surface area contributed by atoms with Gasteiger partial charge in [0, 0.05) is 56.9 Å². The first-order valence-corrected chi connectivity index (χ1v) is 17.9. The van der Waals surface area contributed by atoms with Crippen LogP contribution in [0.1, 0.15) is 52.9 Å². The fourth-order valence-electron chi connectivity index (χ4n) is 8.24. The third-order valence-electron chi connectivity index (χ3n) is 10.8. The van der Waals surface area contributed by atoms with E-state index in [9.17, 15) is 9.18 Å². The van der Waals surface area contributed by atoms with Gasteiger partial charge in [-0.05, 0) is 76.6 Å². The first kappa shape index (κ1) is 34.6. The number of rotatable bonds is 8. The summed E-state index contributed by atoms with van der Waals surface area (Å²) in [4.78, 5) is 33.1. The molecule has 0 unspecified atom stereocenters. The van der Waals surface area contributed by atoms with Gasteiger partial charge >= 0.3 is 12.1 Å². The summed E-state index contributed by atoms with van der Waals surface area (Å²) in [5, 5.41) is 1.04. The molecule has 1 spiro atoms. The highest BCUT2D eigenvalue weighted by molar-refractivity contribution is 6.00. The smallest absolute Gasteiger partial charge is 0.410 e. The number of alkyl halides is 1. The Labute approximate surface area is 300 Å². The number of nitrogens with zero attached hydrogens (tertiary/aromatic N) is 6. The van der Waals surface area contributed by atoms with Crippen molar-refractivity contribution >= 4 is 33.6 Å². The molecule has 5 heterocycles. The van der Waals surface area contributed by atoms with Gasteiger partial charge in [-0.2, -0.15) is 9.97 Å². The second-order valence-corrected chi connectivity index (χ2v) is 15.5. The van der Waals surface area contributed by atoms with Crippen LogP contribution in [-0.4, -0.2) is 107 Å². The fraction of sp³-hybridized carbons (Fsp3) is 0.526. The maximum absolute atomic E-state index is 17.1. The summed E-state index contributed by atoms with van der Waals surface area (Å²) < 4.78 is 70.0. The van der Waals surface area contributed by atoms with Gasteiger partial charge < -0.3 is 28.7 Å². The average molecular weight is 721 g/mol. The van der Waals surface area contributed by atoms with Gasteiger partial charge in [-0.3, -0.25) is 9.88 Å². The van der Waals surface area contributed by atoms with Crippen LogP contribution in [0.4, 0.5) is 23.8 Å². The maximum Gasteiger partial charge on any atom is 0.410 e. The number of fused-ring (bicyclic) bond motifs is 3. The van der Waals surface area contributed by atoms with E-state index in [0.717, 1.165) is 32.2 Å². The van der Waals surface area contributed by atoms with Gasteiger partial charge in [-0.25, -0.2) is 18.0 Å². The van der Waals surface area contributed by atoms with Crippen molar-refractivity contribution in [3.63, 3.8) is 0 Å². The summed E-state index contributed by atoms with van der Waals surface area (Å²) in [5.74, 6) is -0.531. The van der Waals surface area contributed by atoms with Crippen LogP contribution in [0.25, 0.3) is 32.9 Å². The molecule has 11 nitrogen and oxygen atoms in total. The van der Waals surface area contributed by atoms with Gasteiger partial charge in [-0.15, -0.1) is 0 Å². The molecule has 0 radical (unpaired) electrons. The topological polar surface area (TPSA) is 102 Å². The number of amides is 1. The molecule has 3 saturated heterocycles. The number of hydrogen-bond donors (Lipinski definition) is 0. The first-order valence-electron chi connectivity index (χ1n) is 17.9. The lowest BCUT2D eigenvalue weighted by molar-refractivity contribution is 0.0205. The van der Waals surface area contributed by atoms with Crippen LogP contribution in [0.2, 0.25) is 0 Å². The van der Waals surface area contributed by atoms with Crippen molar-refractivity contribution in [1.82, 2.24) is 24.8 Å². The standard InChI is InChI=1S/C38H43F3N6O5/c1-36(2,3)52-35(48)45-13-14-47(37(20-45)10-11-37)33-27-18-42-31(26-16-25(51-22-49-4)15-23-7-5-8-28(40)29(23)26)30(41)32(27)43-34(44-33)50-21-38-9-6-12-46(38)19-24(39)17-38/h5,7-8,15-16,18,24H,6,9-14,17,19-22H2,1-4H3/t24-,38+/m1/s1. The Morgan fingerprint density at radius 3 is 2.65 bits per heavy atom. The lowest BCUT2D eigenvalue weighted by atomic mass is 9.95. The molecule has 3 aliphatic heterocycles. The summed E-state index contributed by atoms with van der Waals surface area (Å²) in [6, 6.07) is 7.77. The molecule has 1 amide bonds. The summed E-state index contributed by atoms with van der Waals surface area (Å²) in [5.41, 5.74) is -1.53. The van der Waals surface area contributed by atoms with Crippen molar-refractivity contribution in [3.8, 4) is 23.0 Å². The summed E-state index contributed by atoms with van der Waals surface area (Å²) >= 11 is 0. The van der Waals surface area contributed by atoms with Gasteiger partial charge in [0.2, 0.25) is 0 Å². The van der Waals surface area contributed by atoms with E-state index < -0.39 is 34.5 Å². The van der Waals surface area contributed by atoms with Crippen LogP contribution < -0.4 is 14.4 Å². The van der Waals surface area contributed by atoms with Crippen molar-refractivity contribution in [3.05, 3.63) is 48.2 Å². The Morgan fingerprint density at radius 2 is 1.88 bits per heavy atom. The summed E-state index contributed by atoms with van der Waals surface area (Å²) in [7, 11) is 1.48. The average Bonchev–Trinajstić information content (AvgIpc) is 3.63. The summed E-state index contributed by atoms with van der Waals surface area (Å²) in [6.07, 6.45) is 3.84. The molecule has 2 aromatic carbocycles. The van der Waals surface area contributed by atoms with E-state index in [1.54, 1.807) is 23.1 Å². The normalized spacial score (nSPS) is 22.7. The monoisotopic (exact) mass is 720 g/mol. The Morgan fingerprint density at radius 1 is 1.06 bits per heavy atom. The quantitative estimate of drug-likeness (QED) is 0.184. The van der Waals surface area contributed by atoms with E-state index in [1.807, 2.05) is 20.8 Å². The van der Waals surface area contributed by atoms with Gasteiger partial charge in [0.15, 0.2) is 12.6 Å². The van der Waals surface area contributed by atoms with Gasteiger partial charge in [0.05, 0.1) is 16.5 Å². The molecular formula is C38H43F3N6O5. The van der Waals surface area contributed by atoms with Gasteiger partial charge in [0.25, 0.3) is 0 Å². The number of piperazine rings is 1. The molecule has 1 saturated carbocycles. The van der Waals surface area contributed by atoms with Gasteiger partial charge in [0.1, 0.15) is 47.0 Å². The zero-order valence-electron chi connectivity index (χ0n) is 29.9. The molecule has 1 aliphatic carbocycles. The van der Waals surface area contributed by atoms with Crippen LogP contribution in [0.15, 0.2) is 36.5 Å². The Balaban J connectivity index is 1.23.